The minimum Gasteiger partial charge on any atom is -0.351 e. The van der Waals surface area contributed by atoms with Gasteiger partial charge in [-0.2, -0.15) is 18.4 Å². The molecule has 0 amide bonds. The number of halogens is 3. The molecule has 22 heavy (non-hydrogen) atoms. The molecule has 0 bridgehead atoms. The second-order valence-electron chi connectivity index (χ2n) is 4.98. The molecule has 0 unspecified atom stereocenters. The van der Waals surface area contributed by atoms with Gasteiger partial charge in [0.2, 0.25) is 0 Å². The molecule has 112 valence electrons. The number of hydrogen-bond donors (Lipinski definition) is 0. The highest BCUT2D eigenvalue weighted by atomic mass is 19.4. The number of nitriles is 1. The maximum Gasteiger partial charge on any atom is 0.416 e. The highest BCUT2D eigenvalue weighted by molar-refractivity contribution is 5.47. The van der Waals surface area contributed by atoms with E-state index in [0.29, 0.717) is 24.3 Å². The molecule has 7 heteroatoms. The third kappa shape index (κ3) is 2.60. The van der Waals surface area contributed by atoms with E-state index >= 15 is 0 Å². The molecule has 0 saturated heterocycles. The third-order valence-electron chi connectivity index (χ3n) is 3.66. The molecule has 2 heterocycles. The minimum absolute atomic E-state index is 0.131. The van der Waals surface area contributed by atoms with Crippen LogP contribution in [-0.2, 0) is 19.1 Å². The van der Waals surface area contributed by atoms with Crippen LogP contribution in [0.1, 0.15) is 22.4 Å². The molecule has 1 aromatic carbocycles. The van der Waals surface area contributed by atoms with Gasteiger partial charge in [0.15, 0.2) is 5.69 Å². The topological polar surface area (TPSA) is 52.8 Å². The van der Waals surface area contributed by atoms with Crippen molar-refractivity contribution in [1.82, 2.24) is 9.97 Å². The molecule has 1 aliphatic heterocycles. The molecule has 2 aromatic rings. The predicted octanol–water partition coefficient (Wildman–Crippen LogP) is 2.93. The van der Waals surface area contributed by atoms with Crippen molar-refractivity contribution in [2.24, 2.45) is 0 Å². The number of hydrogen-bond acceptors (Lipinski definition) is 4. The van der Waals surface area contributed by atoms with Gasteiger partial charge in [0.25, 0.3) is 0 Å². The summed E-state index contributed by atoms with van der Waals surface area (Å²) in [6.45, 7) is 0.695. The second kappa shape index (κ2) is 5.30. The van der Waals surface area contributed by atoms with Crippen molar-refractivity contribution in [3.8, 4) is 6.07 Å². The fourth-order valence-electron chi connectivity index (χ4n) is 2.58. The summed E-state index contributed by atoms with van der Waals surface area (Å²) in [5, 5.41) is 8.70. The number of benzene rings is 1. The summed E-state index contributed by atoms with van der Waals surface area (Å²) in [5.41, 5.74) is 0.577. The monoisotopic (exact) mass is 304 g/mol. The Morgan fingerprint density at radius 2 is 2.00 bits per heavy atom. The zero-order chi connectivity index (χ0) is 15.7. The van der Waals surface area contributed by atoms with Gasteiger partial charge in [-0.3, -0.25) is 0 Å². The summed E-state index contributed by atoms with van der Waals surface area (Å²) >= 11 is 0. The van der Waals surface area contributed by atoms with Crippen LogP contribution in [0.2, 0.25) is 0 Å². The Labute approximate surface area is 124 Å². The maximum absolute atomic E-state index is 13.1. The van der Waals surface area contributed by atoms with Gasteiger partial charge in [0.1, 0.15) is 11.9 Å². The Bertz CT molecular complexity index is 732. The van der Waals surface area contributed by atoms with Crippen molar-refractivity contribution >= 4 is 5.82 Å². The molecule has 1 aliphatic rings. The Morgan fingerprint density at radius 3 is 2.64 bits per heavy atom. The molecule has 4 nitrogen and oxygen atoms in total. The lowest BCUT2D eigenvalue weighted by Crippen LogP contribution is -2.32. The number of anilines is 1. The first-order valence-corrected chi connectivity index (χ1v) is 6.64. The number of nitrogens with zero attached hydrogens (tertiary/aromatic N) is 4. The Hall–Kier alpha value is -2.62. The summed E-state index contributed by atoms with van der Waals surface area (Å²) in [4.78, 5) is 9.75. The first kappa shape index (κ1) is 14.3. The highest BCUT2D eigenvalue weighted by Crippen LogP contribution is 2.36. The fourth-order valence-corrected chi connectivity index (χ4v) is 2.58. The average molecular weight is 304 g/mol. The molecule has 3 rings (SSSR count). The van der Waals surface area contributed by atoms with E-state index in [1.165, 1.54) is 18.5 Å². The van der Waals surface area contributed by atoms with Crippen LogP contribution in [0.4, 0.5) is 19.0 Å². The van der Waals surface area contributed by atoms with E-state index in [0.717, 1.165) is 6.07 Å². The van der Waals surface area contributed by atoms with Gasteiger partial charge in [0, 0.05) is 13.1 Å². The van der Waals surface area contributed by atoms with E-state index in [-0.39, 0.29) is 17.8 Å². The van der Waals surface area contributed by atoms with Crippen molar-refractivity contribution in [2.75, 3.05) is 11.4 Å². The van der Waals surface area contributed by atoms with Gasteiger partial charge in [-0.1, -0.05) is 12.1 Å². The van der Waals surface area contributed by atoms with Crippen LogP contribution in [0.25, 0.3) is 0 Å². The summed E-state index contributed by atoms with van der Waals surface area (Å²) in [5.74, 6) is 0.474. The van der Waals surface area contributed by atoms with E-state index in [1.807, 2.05) is 6.07 Å². The third-order valence-corrected chi connectivity index (χ3v) is 3.66. The van der Waals surface area contributed by atoms with Gasteiger partial charge in [-0.05, 0) is 23.6 Å². The summed E-state index contributed by atoms with van der Waals surface area (Å²) in [7, 11) is 0. The SMILES string of the molecule is N#Cc1cnc(N2CCc3cccc(C(F)(F)F)c3C2)cn1. The lowest BCUT2D eigenvalue weighted by atomic mass is 9.94. The molecular formula is C15H11F3N4. The van der Waals surface area contributed by atoms with E-state index in [4.69, 9.17) is 5.26 Å². The largest absolute Gasteiger partial charge is 0.416 e. The first-order chi connectivity index (χ1) is 10.5. The van der Waals surface area contributed by atoms with Crippen LogP contribution >= 0.6 is 0 Å². The van der Waals surface area contributed by atoms with Gasteiger partial charge in [-0.15, -0.1) is 0 Å². The van der Waals surface area contributed by atoms with Crippen LogP contribution in [0.5, 0.6) is 0 Å². The van der Waals surface area contributed by atoms with E-state index in [9.17, 15) is 13.2 Å². The van der Waals surface area contributed by atoms with E-state index in [1.54, 1.807) is 11.0 Å². The van der Waals surface area contributed by atoms with Crippen molar-refractivity contribution in [3.05, 3.63) is 53.0 Å². The molecule has 0 fully saturated rings. The number of rotatable bonds is 1. The number of fused-ring (bicyclic) bond motifs is 1. The van der Waals surface area contributed by atoms with Crippen LogP contribution in [-0.4, -0.2) is 16.5 Å². The Kier molecular flexibility index (Phi) is 3.45. The zero-order valence-electron chi connectivity index (χ0n) is 11.4. The van der Waals surface area contributed by atoms with Crippen LogP contribution in [0.15, 0.2) is 30.6 Å². The zero-order valence-corrected chi connectivity index (χ0v) is 11.4. The predicted molar refractivity (Wildman–Crippen MR) is 72.9 cm³/mol. The number of alkyl halides is 3. The van der Waals surface area contributed by atoms with Crippen LogP contribution in [0.3, 0.4) is 0 Å². The second-order valence-corrected chi connectivity index (χ2v) is 4.98. The van der Waals surface area contributed by atoms with Gasteiger partial charge < -0.3 is 4.90 Å². The summed E-state index contributed by atoms with van der Waals surface area (Å²) in [6.07, 6.45) is -1.12. The molecule has 0 saturated carbocycles. The standard InChI is InChI=1S/C15H11F3N4/c16-15(17,18)13-3-1-2-10-4-5-22(9-12(10)13)14-8-20-11(6-19)7-21-14/h1-3,7-8H,4-5,9H2. The summed E-state index contributed by atoms with van der Waals surface area (Å²) < 4.78 is 39.4. The smallest absolute Gasteiger partial charge is 0.351 e. The van der Waals surface area contributed by atoms with E-state index in [2.05, 4.69) is 9.97 Å². The molecule has 0 radical (unpaired) electrons. The van der Waals surface area contributed by atoms with Crippen molar-refractivity contribution in [1.29, 1.82) is 5.26 Å². The van der Waals surface area contributed by atoms with Crippen LogP contribution in [0, 0.1) is 11.3 Å². The molecule has 0 aliphatic carbocycles. The minimum atomic E-state index is -4.37. The highest BCUT2D eigenvalue weighted by Gasteiger charge is 2.35. The maximum atomic E-state index is 13.1. The van der Waals surface area contributed by atoms with Gasteiger partial charge >= 0.3 is 6.18 Å². The Morgan fingerprint density at radius 1 is 1.18 bits per heavy atom. The lowest BCUT2D eigenvalue weighted by molar-refractivity contribution is -0.138. The quantitative estimate of drug-likeness (QED) is 0.813. The van der Waals surface area contributed by atoms with E-state index < -0.39 is 11.7 Å². The molecule has 1 aromatic heterocycles. The lowest BCUT2D eigenvalue weighted by Gasteiger charge is -2.31. The van der Waals surface area contributed by atoms with Crippen LogP contribution < -0.4 is 4.90 Å². The van der Waals surface area contributed by atoms with Crippen molar-refractivity contribution in [2.45, 2.75) is 19.1 Å². The van der Waals surface area contributed by atoms with Gasteiger partial charge in [0.05, 0.1) is 18.0 Å². The molecular weight excluding hydrogens is 293 g/mol. The van der Waals surface area contributed by atoms with Crippen molar-refractivity contribution < 1.29 is 13.2 Å². The fraction of sp³-hybridized carbons (Fsp3) is 0.267. The molecule has 0 N–H and O–H groups in total. The van der Waals surface area contributed by atoms with Crippen molar-refractivity contribution in [3.63, 3.8) is 0 Å². The first-order valence-electron chi connectivity index (χ1n) is 6.64. The molecule has 0 atom stereocenters. The average Bonchev–Trinajstić information content (AvgIpc) is 2.53. The summed E-state index contributed by atoms with van der Waals surface area (Å²) in [6, 6.07) is 6.14. The van der Waals surface area contributed by atoms with Gasteiger partial charge in [-0.25, -0.2) is 9.97 Å². The normalized spacial score (nSPS) is 14.4. The Balaban J connectivity index is 1.94. The number of aromatic nitrogens is 2. The molecule has 0 spiro atoms.